The molecule has 0 aromatic carbocycles. The van der Waals surface area contributed by atoms with Gasteiger partial charge in [-0.05, 0) is 0 Å². The first-order valence-electron chi connectivity index (χ1n) is 4.59. The number of hydrogen-bond donors (Lipinski definition) is 4. The first-order chi connectivity index (χ1) is 6.81. The Kier molecular flexibility index (Phi) is 15.5. The van der Waals surface area contributed by atoms with E-state index in [1.165, 1.54) is 13.8 Å². The Balaban J connectivity index is -0.000000980. The molecule has 96 valence electrons. The van der Waals surface area contributed by atoms with Crippen molar-refractivity contribution in [2.75, 3.05) is 13.2 Å². The van der Waals surface area contributed by atoms with E-state index in [1.807, 2.05) is 0 Å². The number of aliphatic carboxylic acids is 1. The summed E-state index contributed by atoms with van der Waals surface area (Å²) in [6, 6.07) is 0. The van der Waals surface area contributed by atoms with Gasteiger partial charge in [-0.15, -0.1) is 0 Å². The number of aliphatic hydroxyl groups is 2. The van der Waals surface area contributed by atoms with Crippen molar-refractivity contribution in [1.82, 2.24) is 5.32 Å². The summed E-state index contributed by atoms with van der Waals surface area (Å²) in [5.41, 5.74) is -0.937. The minimum atomic E-state index is -1.35. The van der Waals surface area contributed by atoms with Crippen LogP contribution in [-0.2, 0) is 9.59 Å². The average Bonchev–Trinajstić information content (AvgIpc) is 2.15. The molecule has 0 radical (unpaired) electrons. The van der Waals surface area contributed by atoms with Crippen molar-refractivity contribution >= 4 is 87.4 Å². The molecule has 8 heteroatoms. The number of amides is 1. The molecule has 0 saturated carbocycles. The molecular formula is C9H21Ca2NO5. The van der Waals surface area contributed by atoms with Crippen molar-refractivity contribution in [3.63, 3.8) is 0 Å². The molecule has 0 fully saturated rings. The minimum absolute atomic E-state index is 0. The second-order valence-corrected chi connectivity index (χ2v) is 3.98. The van der Waals surface area contributed by atoms with Crippen LogP contribution in [0.2, 0.25) is 0 Å². The van der Waals surface area contributed by atoms with Crippen LogP contribution in [0.4, 0.5) is 0 Å². The van der Waals surface area contributed by atoms with E-state index in [9.17, 15) is 14.7 Å². The van der Waals surface area contributed by atoms with E-state index in [0.717, 1.165) is 0 Å². The first-order valence-corrected chi connectivity index (χ1v) is 4.59. The van der Waals surface area contributed by atoms with Gasteiger partial charge in [0.1, 0.15) is 6.10 Å². The van der Waals surface area contributed by atoms with Crippen LogP contribution >= 0.6 is 0 Å². The third kappa shape index (κ3) is 9.90. The number of rotatable bonds is 6. The van der Waals surface area contributed by atoms with Gasteiger partial charge in [0.25, 0.3) is 0 Å². The van der Waals surface area contributed by atoms with Gasteiger partial charge in [-0.1, -0.05) is 13.8 Å². The van der Waals surface area contributed by atoms with Gasteiger partial charge in [-0.25, -0.2) is 0 Å². The molecule has 0 rings (SSSR count). The summed E-state index contributed by atoms with van der Waals surface area (Å²) >= 11 is 0. The molecule has 0 aliphatic rings. The fraction of sp³-hybridized carbons (Fsp3) is 0.778. The van der Waals surface area contributed by atoms with Crippen molar-refractivity contribution in [2.45, 2.75) is 26.4 Å². The molecular weight excluding hydrogens is 282 g/mol. The fourth-order valence-corrected chi connectivity index (χ4v) is 0.831. The van der Waals surface area contributed by atoms with Crippen LogP contribution in [0.1, 0.15) is 20.3 Å². The van der Waals surface area contributed by atoms with E-state index < -0.39 is 23.4 Å². The van der Waals surface area contributed by atoms with Gasteiger partial charge in [0.2, 0.25) is 5.91 Å². The average molecular weight is 303 g/mol. The van der Waals surface area contributed by atoms with E-state index in [1.54, 1.807) is 0 Å². The number of carboxylic acid groups (broad SMARTS) is 1. The summed E-state index contributed by atoms with van der Waals surface area (Å²) in [6.45, 7) is 2.70. The second-order valence-electron chi connectivity index (χ2n) is 3.98. The molecule has 0 aliphatic heterocycles. The molecule has 0 aromatic heterocycles. The summed E-state index contributed by atoms with van der Waals surface area (Å²) in [6.07, 6.45) is -1.55. The summed E-state index contributed by atoms with van der Waals surface area (Å²) < 4.78 is 0. The molecule has 0 aliphatic carbocycles. The number of carbonyl (C=O) groups excluding carboxylic acids is 1. The topological polar surface area (TPSA) is 107 Å². The molecule has 0 spiro atoms. The van der Waals surface area contributed by atoms with Crippen LogP contribution in [0.5, 0.6) is 0 Å². The summed E-state index contributed by atoms with van der Waals surface area (Å²) in [4.78, 5) is 21.4. The third-order valence-corrected chi connectivity index (χ3v) is 2.03. The zero-order chi connectivity index (χ0) is 12.1. The Morgan fingerprint density at radius 2 is 1.76 bits per heavy atom. The van der Waals surface area contributed by atoms with Crippen LogP contribution in [0.3, 0.4) is 0 Å². The van der Waals surface area contributed by atoms with Gasteiger partial charge in [-0.2, -0.15) is 0 Å². The van der Waals surface area contributed by atoms with Gasteiger partial charge in [0.05, 0.1) is 13.0 Å². The Morgan fingerprint density at radius 3 is 2.12 bits per heavy atom. The summed E-state index contributed by atoms with van der Waals surface area (Å²) in [7, 11) is 0. The number of carboxylic acids is 1. The summed E-state index contributed by atoms with van der Waals surface area (Å²) in [5.74, 6) is -1.69. The third-order valence-electron chi connectivity index (χ3n) is 2.03. The zero-order valence-corrected chi connectivity index (χ0v) is 8.86. The van der Waals surface area contributed by atoms with Gasteiger partial charge in [0.15, 0.2) is 0 Å². The van der Waals surface area contributed by atoms with E-state index in [0.29, 0.717) is 0 Å². The van der Waals surface area contributed by atoms with Gasteiger partial charge < -0.3 is 20.6 Å². The second kappa shape index (κ2) is 11.2. The van der Waals surface area contributed by atoms with E-state index in [4.69, 9.17) is 10.2 Å². The number of aliphatic hydroxyl groups excluding tert-OH is 2. The van der Waals surface area contributed by atoms with Crippen molar-refractivity contribution in [3.05, 3.63) is 0 Å². The molecule has 1 atom stereocenters. The molecule has 0 unspecified atom stereocenters. The Labute approximate surface area is 160 Å². The van der Waals surface area contributed by atoms with E-state index in [-0.39, 0.29) is 95.0 Å². The van der Waals surface area contributed by atoms with Crippen molar-refractivity contribution in [2.24, 2.45) is 5.41 Å². The van der Waals surface area contributed by atoms with Crippen LogP contribution in [0.15, 0.2) is 0 Å². The first kappa shape index (κ1) is 23.5. The van der Waals surface area contributed by atoms with E-state index >= 15 is 0 Å². The van der Waals surface area contributed by atoms with E-state index in [2.05, 4.69) is 5.32 Å². The Morgan fingerprint density at radius 1 is 1.29 bits per heavy atom. The van der Waals surface area contributed by atoms with Crippen molar-refractivity contribution in [3.8, 4) is 0 Å². The van der Waals surface area contributed by atoms with Crippen LogP contribution in [0.25, 0.3) is 0 Å². The van der Waals surface area contributed by atoms with Crippen LogP contribution in [-0.4, -0.2) is 122 Å². The molecule has 6 nitrogen and oxygen atoms in total. The monoisotopic (exact) mass is 303 g/mol. The van der Waals surface area contributed by atoms with Crippen molar-refractivity contribution in [1.29, 1.82) is 0 Å². The number of nitrogens with one attached hydrogen (secondary N) is 1. The normalized spacial score (nSPS) is 11.8. The predicted octanol–water partition coefficient (Wildman–Crippen LogP) is -2.88. The standard InChI is InChI=1S/C9H17NO5.2Ca.4H/c1-9(2,5-11)7(14)8(15)10-4-3-6(12)13;;;;;;/h7,11,14H,3-5H2,1-2H3,(H,10,15)(H,12,13);;;;;;/t7-;;;;;;/m0....../s1. The molecule has 0 saturated heterocycles. The Bertz CT molecular complexity index is 248. The maximum absolute atomic E-state index is 11.3. The van der Waals surface area contributed by atoms with Crippen molar-refractivity contribution < 1.29 is 24.9 Å². The predicted molar refractivity (Wildman–Crippen MR) is 69.2 cm³/mol. The molecule has 0 aromatic rings. The number of hydrogen-bond acceptors (Lipinski definition) is 4. The molecule has 1 amide bonds. The maximum atomic E-state index is 11.3. The number of carbonyl (C=O) groups is 2. The van der Waals surface area contributed by atoms with Gasteiger partial charge in [0, 0.05) is 12.0 Å². The van der Waals surface area contributed by atoms with Crippen LogP contribution < -0.4 is 5.32 Å². The molecule has 0 bridgehead atoms. The van der Waals surface area contributed by atoms with Crippen LogP contribution in [0, 0.1) is 5.41 Å². The van der Waals surface area contributed by atoms with Gasteiger partial charge >= 0.3 is 81.4 Å². The molecule has 17 heavy (non-hydrogen) atoms. The SMILES string of the molecule is CC(C)(CO)[C@@H](O)C(=O)NCCC(=O)O.[CaH2].[CaH2]. The molecule has 0 heterocycles. The Hall–Kier alpha value is 1.38. The molecule has 4 N–H and O–H groups in total. The quantitative estimate of drug-likeness (QED) is 0.395. The van der Waals surface area contributed by atoms with Gasteiger partial charge in [-0.3, -0.25) is 9.59 Å². The zero-order valence-electron chi connectivity index (χ0n) is 8.86. The fourth-order valence-electron chi connectivity index (χ4n) is 0.831. The summed E-state index contributed by atoms with van der Waals surface area (Å²) in [5, 5.41) is 29.0.